The van der Waals surface area contributed by atoms with E-state index < -0.39 is 66.5 Å². The van der Waals surface area contributed by atoms with Gasteiger partial charge in [0.1, 0.15) is 11.2 Å². The molecule has 8 aromatic carbocycles. The molecule has 1 heterocycles. The molecule has 0 aliphatic heterocycles. The molecule has 0 saturated heterocycles. The molecule has 0 fully saturated rings. The van der Waals surface area contributed by atoms with Crippen LogP contribution >= 0.6 is 0 Å². The Morgan fingerprint density at radius 3 is 2.05 bits per heavy atom. The number of benzene rings is 8. The fourth-order valence-corrected chi connectivity index (χ4v) is 5.89. The summed E-state index contributed by atoms with van der Waals surface area (Å²) < 4.78 is 104. The predicted octanol–water partition coefficient (Wildman–Crippen LogP) is 11.5. The van der Waals surface area contributed by atoms with E-state index in [1.807, 2.05) is 78.9 Å². The van der Waals surface area contributed by atoms with E-state index in [1.54, 1.807) is 0 Å². The number of fused-ring (bicyclic) bond motifs is 8. The molecule has 9 rings (SSSR count). The van der Waals surface area contributed by atoms with Gasteiger partial charge in [-0.3, -0.25) is 0 Å². The van der Waals surface area contributed by atoms with Gasteiger partial charge in [-0.15, -0.1) is 0 Å². The van der Waals surface area contributed by atoms with Crippen molar-refractivity contribution in [2.45, 2.75) is 0 Å². The highest BCUT2D eigenvalue weighted by Crippen LogP contribution is 2.45. The first-order valence-corrected chi connectivity index (χ1v) is 13.2. The molecule has 0 unspecified atom stereocenters. The van der Waals surface area contributed by atoms with Crippen molar-refractivity contribution in [2.75, 3.05) is 0 Å². The Hall–Kier alpha value is -5.40. The van der Waals surface area contributed by atoms with Gasteiger partial charge in [-0.2, -0.15) is 0 Å². The van der Waals surface area contributed by atoms with Crippen LogP contribution in [0.25, 0.3) is 87.3 Å². The molecular weight excluding hydrogens is 496 g/mol. The molecule has 41 heavy (non-hydrogen) atoms. The number of rotatable bonds is 2. The Balaban J connectivity index is 1.59. The molecule has 0 saturated carbocycles. The second-order valence-corrected chi connectivity index (χ2v) is 10.1. The average molecular weight is 532 g/mol. The summed E-state index contributed by atoms with van der Waals surface area (Å²) in [4.78, 5) is 0. The van der Waals surface area contributed by atoms with Crippen molar-refractivity contribution in [1.29, 1.82) is 0 Å². The summed E-state index contributed by atoms with van der Waals surface area (Å²) in [7, 11) is 0. The lowest BCUT2D eigenvalue weighted by molar-refractivity contribution is 0.670. The first-order valence-electron chi connectivity index (χ1n) is 18.7. The molecule has 1 nitrogen and oxygen atoms in total. The summed E-state index contributed by atoms with van der Waals surface area (Å²) in [6.45, 7) is 0. The minimum absolute atomic E-state index is 0.0262. The van der Waals surface area contributed by atoms with Crippen molar-refractivity contribution in [2.24, 2.45) is 0 Å². The van der Waals surface area contributed by atoms with E-state index in [9.17, 15) is 2.74 Å². The summed E-state index contributed by atoms with van der Waals surface area (Å²) in [6.07, 6.45) is 0. The third kappa shape index (κ3) is 3.36. The first kappa shape index (κ1) is 14.3. The van der Waals surface area contributed by atoms with Gasteiger partial charge in [-0.05, 0) is 90.1 Å². The maximum Gasteiger partial charge on any atom is 0.143 e. The molecule has 0 aliphatic carbocycles. The average Bonchev–Trinajstić information content (AvgIpc) is 3.51. The van der Waals surface area contributed by atoms with Crippen LogP contribution in [-0.2, 0) is 0 Å². The summed E-state index contributed by atoms with van der Waals surface area (Å²) >= 11 is 0. The van der Waals surface area contributed by atoms with Gasteiger partial charge in [0.2, 0.25) is 0 Å². The van der Waals surface area contributed by atoms with Crippen molar-refractivity contribution < 1.29 is 19.5 Å². The SMILES string of the molecule is [2H]c1c([2H])c([2H])c2c([2H])c3c(c([2H])c([2H])c4c([2H])c([2H])c([2H])c([2H])c43)c(-c3cc(-c4ccccc4)c4oc5cc6ccccc6cc5c4c3)c2c1[2H]. The molecule has 0 N–H and O–H groups in total. The molecular formula is C40H24O. The third-order valence-corrected chi connectivity index (χ3v) is 7.75. The Bertz CT molecular complexity index is 3080. The van der Waals surface area contributed by atoms with Gasteiger partial charge in [0.05, 0.1) is 15.1 Å². The highest BCUT2D eigenvalue weighted by Gasteiger charge is 2.19. The van der Waals surface area contributed by atoms with Crippen LogP contribution < -0.4 is 0 Å². The van der Waals surface area contributed by atoms with Crippen molar-refractivity contribution in [3.8, 4) is 22.3 Å². The van der Waals surface area contributed by atoms with Crippen LogP contribution in [0.15, 0.2) is 150 Å². The van der Waals surface area contributed by atoms with Gasteiger partial charge in [0, 0.05) is 16.3 Å². The number of hydrogen-bond acceptors (Lipinski definition) is 1. The number of hydrogen-bond donors (Lipinski definition) is 0. The quantitative estimate of drug-likeness (QED) is 0.160. The summed E-state index contributed by atoms with van der Waals surface area (Å²) in [5, 5.41) is 2.71. The largest absolute Gasteiger partial charge is 0.455 e. The second kappa shape index (κ2) is 8.55. The molecule has 0 radical (unpaired) electrons. The lowest BCUT2D eigenvalue weighted by atomic mass is 9.88. The molecule has 0 spiro atoms. The van der Waals surface area contributed by atoms with Gasteiger partial charge >= 0.3 is 0 Å². The first-order chi connectivity index (χ1) is 24.9. The van der Waals surface area contributed by atoms with Gasteiger partial charge in [0.25, 0.3) is 0 Å². The predicted molar refractivity (Wildman–Crippen MR) is 175 cm³/mol. The third-order valence-electron chi connectivity index (χ3n) is 7.75. The van der Waals surface area contributed by atoms with Crippen LogP contribution in [0.2, 0.25) is 0 Å². The Kier molecular flexibility index (Phi) is 2.98. The van der Waals surface area contributed by atoms with Gasteiger partial charge in [-0.25, -0.2) is 0 Å². The van der Waals surface area contributed by atoms with Crippen molar-refractivity contribution in [3.05, 3.63) is 145 Å². The molecule has 9 aromatic rings. The summed E-state index contributed by atoms with van der Waals surface area (Å²) in [5.74, 6) is 0. The van der Waals surface area contributed by atoms with E-state index in [4.69, 9.17) is 16.8 Å². The van der Waals surface area contributed by atoms with E-state index >= 15 is 0 Å². The minimum atomic E-state index is -0.587. The molecule has 0 atom stereocenters. The monoisotopic (exact) mass is 531 g/mol. The molecule has 1 heteroatoms. The van der Waals surface area contributed by atoms with Gasteiger partial charge < -0.3 is 4.42 Å². The highest BCUT2D eigenvalue weighted by atomic mass is 16.3. The van der Waals surface area contributed by atoms with E-state index in [2.05, 4.69) is 0 Å². The van der Waals surface area contributed by atoms with Gasteiger partial charge in [0.15, 0.2) is 0 Å². The lowest BCUT2D eigenvalue weighted by Crippen LogP contribution is -1.89. The van der Waals surface area contributed by atoms with Crippen LogP contribution in [0.3, 0.4) is 0 Å². The van der Waals surface area contributed by atoms with E-state index in [0.717, 1.165) is 21.7 Å². The maximum absolute atomic E-state index is 9.44. The minimum Gasteiger partial charge on any atom is -0.455 e. The Labute approximate surface area is 252 Å². The van der Waals surface area contributed by atoms with Crippen LogP contribution in [0.4, 0.5) is 0 Å². The second-order valence-electron chi connectivity index (χ2n) is 10.1. The van der Waals surface area contributed by atoms with Crippen molar-refractivity contribution in [1.82, 2.24) is 0 Å². The van der Waals surface area contributed by atoms with E-state index in [0.29, 0.717) is 27.7 Å². The van der Waals surface area contributed by atoms with E-state index in [1.165, 1.54) is 0 Å². The number of furan rings is 1. The molecule has 1 aromatic heterocycles. The zero-order chi connectivity index (χ0) is 36.5. The summed E-state index contributed by atoms with van der Waals surface area (Å²) in [5.41, 5.74) is 3.20. The van der Waals surface area contributed by atoms with Crippen LogP contribution in [-0.4, -0.2) is 0 Å². The molecule has 0 aliphatic rings. The maximum atomic E-state index is 9.44. The van der Waals surface area contributed by atoms with Crippen molar-refractivity contribution >= 4 is 65.0 Å². The fraction of sp³-hybridized carbons (Fsp3) is 0. The zero-order valence-electron chi connectivity index (χ0n) is 32.4. The lowest BCUT2D eigenvalue weighted by Gasteiger charge is -2.15. The smallest absolute Gasteiger partial charge is 0.143 e. The zero-order valence-corrected chi connectivity index (χ0v) is 21.4. The van der Waals surface area contributed by atoms with Crippen LogP contribution in [0.5, 0.6) is 0 Å². The molecule has 190 valence electrons. The highest BCUT2D eigenvalue weighted by molar-refractivity contribution is 6.22. The van der Waals surface area contributed by atoms with Crippen molar-refractivity contribution in [3.63, 3.8) is 0 Å². The Morgan fingerprint density at radius 1 is 0.463 bits per heavy atom. The Morgan fingerprint density at radius 2 is 1.20 bits per heavy atom. The normalized spacial score (nSPS) is 15.7. The fourth-order valence-electron chi connectivity index (χ4n) is 5.89. The standard InChI is InChI=1S/C40H24O/c1-2-10-25(11-3-1)34-22-30(23-37-36-20-27-13-4-5-14-28(27)24-38(36)41-40(34)37)39-32-17-9-7-15-29(32)21-35-31-16-8-6-12-26(31)18-19-33(35)39/h1-24H/i6D,7D,8D,9D,12D,15D,16D,17D,18D,19D,21D. The van der Waals surface area contributed by atoms with E-state index in [-0.39, 0.29) is 37.9 Å². The van der Waals surface area contributed by atoms with Gasteiger partial charge in [-0.1, -0.05) is 115 Å². The molecule has 0 bridgehead atoms. The molecule has 0 amide bonds. The summed E-state index contributed by atoms with van der Waals surface area (Å²) in [6, 6.07) is 19.4. The van der Waals surface area contributed by atoms with Crippen LogP contribution in [0.1, 0.15) is 15.1 Å². The topological polar surface area (TPSA) is 13.1 Å². The van der Waals surface area contributed by atoms with Crippen LogP contribution in [0, 0.1) is 0 Å².